The van der Waals surface area contributed by atoms with Crippen molar-refractivity contribution >= 4 is 6.09 Å². The van der Waals surface area contributed by atoms with Crippen LogP contribution >= 0.6 is 0 Å². The van der Waals surface area contributed by atoms with Gasteiger partial charge in [-0.2, -0.15) is 0 Å². The van der Waals surface area contributed by atoms with E-state index in [1.165, 1.54) is 0 Å². The zero-order chi connectivity index (χ0) is 14.3. The highest BCUT2D eigenvalue weighted by Gasteiger charge is 2.26. The lowest BCUT2D eigenvalue weighted by atomic mass is 9.79. The van der Waals surface area contributed by atoms with E-state index in [2.05, 4.69) is 10.0 Å². The lowest BCUT2D eigenvalue weighted by Crippen LogP contribution is -2.32. The molecule has 1 amide bonds. The second-order valence-corrected chi connectivity index (χ2v) is 6.02. The van der Waals surface area contributed by atoms with Crippen molar-refractivity contribution < 1.29 is 9.53 Å². The van der Waals surface area contributed by atoms with Crippen LogP contribution < -0.4 is 5.73 Å². The minimum Gasteiger partial charge on any atom is -0.444 e. The Balaban J connectivity index is 2.25. The largest absolute Gasteiger partial charge is 0.444 e. The number of carbonyl (C=O) groups is 1. The average molecular weight is 268 g/mol. The molecule has 0 spiro atoms. The van der Waals surface area contributed by atoms with Gasteiger partial charge in [0, 0.05) is 11.5 Å². The van der Waals surface area contributed by atoms with Crippen LogP contribution in [0.1, 0.15) is 52.4 Å². The van der Waals surface area contributed by atoms with Gasteiger partial charge in [-0.1, -0.05) is 30.8 Å². The van der Waals surface area contributed by atoms with E-state index >= 15 is 0 Å². The van der Waals surface area contributed by atoms with Gasteiger partial charge in [-0.15, -0.1) is 0 Å². The molecule has 1 fully saturated rings. The predicted molar refractivity (Wildman–Crippen MR) is 73.4 cm³/mol. The highest BCUT2D eigenvalue weighted by Crippen LogP contribution is 2.33. The van der Waals surface area contributed by atoms with E-state index < -0.39 is 11.7 Å². The molecule has 0 bridgehead atoms. The summed E-state index contributed by atoms with van der Waals surface area (Å²) in [6.07, 6.45) is 5.76. The number of nitrogens with two attached hydrogens (primary N) is 1. The van der Waals surface area contributed by atoms with E-state index in [1.54, 1.807) is 0 Å². The fraction of sp³-hybridized carbons (Fsp3) is 0.923. The Kier molecular flexibility index (Phi) is 5.96. The highest BCUT2D eigenvalue weighted by atomic mass is 16.6. The first kappa shape index (κ1) is 15.6. The van der Waals surface area contributed by atoms with Crippen molar-refractivity contribution in [3.8, 4) is 0 Å². The molecular formula is C13H24N4O2. The van der Waals surface area contributed by atoms with Gasteiger partial charge < -0.3 is 10.5 Å². The summed E-state index contributed by atoms with van der Waals surface area (Å²) in [5.41, 5.74) is 12.9. The SMILES string of the molecule is CC(C)(CCC1CCC(CN=[N+]=[N-])CC1)OC(N)=O. The van der Waals surface area contributed by atoms with Crippen LogP contribution in [0.3, 0.4) is 0 Å². The molecule has 1 rings (SSSR count). The van der Waals surface area contributed by atoms with Gasteiger partial charge in [-0.25, -0.2) is 4.79 Å². The fourth-order valence-corrected chi connectivity index (χ4v) is 2.73. The number of hydrogen-bond acceptors (Lipinski definition) is 3. The molecule has 6 heteroatoms. The number of nitrogens with zero attached hydrogens (tertiary/aromatic N) is 3. The summed E-state index contributed by atoms with van der Waals surface area (Å²) >= 11 is 0. The normalized spacial score (nSPS) is 23.5. The summed E-state index contributed by atoms with van der Waals surface area (Å²) in [6.45, 7) is 4.41. The first-order chi connectivity index (χ1) is 8.93. The van der Waals surface area contributed by atoms with Crippen LogP contribution in [0.25, 0.3) is 10.4 Å². The van der Waals surface area contributed by atoms with Gasteiger partial charge in [0.2, 0.25) is 0 Å². The summed E-state index contributed by atoms with van der Waals surface area (Å²) in [5.74, 6) is 1.22. The van der Waals surface area contributed by atoms with Gasteiger partial charge in [-0.3, -0.25) is 0 Å². The summed E-state index contributed by atoms with van der Waals surface area (Å²) in [5, 5.41) is 3.65. The Morgan fingerprint density at radius 3 is 2.47 bits per heavy atom. The third-order valence-electron chi connectivity index (χ3n) is 3.90. The van der Waals surface area contributed by atoms with Crippen molar-refractivity contribution in [3.63, 3.8) is 0 Å². The summed E-state index contributed by atoms with van der Waals surface area (Å²) in [6, 6.07) is 0. The topological polar surface area (TPSA) is 101 Å². The van der Waals surface area contributed by atoms with Crippen molar-refractivity contribution in [1.82, 2.24) is 0 Å². The van der Waals surface area contributed by atoms with E-state index in [9.17, 15) is 4.79 Å². The van der Waals surface area contributed by atoms with Gasteiger partial charge in [0.05, 0.1) is 0 Å². The van der Waals surface area contributed by atoms with Crippen molar-refractivity contribution in [2.75, 3.05) is 6.54 Å². The molecule has 0 unspecified atom stereocenters. The minimum absolute atomic E-state index is 0.478. The number of azide groups is 1. The highest BCUT2D eigenvalue weighted by molar-refractivity contribution is 5.65. The van der Waals surface area contributed by atoms with Crippen molar-refractivity contribution in [3.05, 3.63) is 10.4 Å². The average Bonchev–Trinajstić information content (AvgIpc) is 2.34. The quantitative estimate of drug-likeness (QED) is 0.450. The summed E-state index contributed by atoms with van der Waals surface area (Å²) < 4.78 is 5.09. The maximum atomic E-state index is 10.8. The third-order valence-corrected chi connectivity index (χ3v) is 3.90. The molecule has 19 heavy (non-hydrogen) atoms. The van der Waals surface area contributed by atoms with Crippen LogP contribution in [-0.4, -0.2) is 18.2 Å². The van der Waals surface area contributed by atoms with Crippen LogP contribution in [0, 0.1) is 11.8 Å². The lowest BCUT2D eigenvalue weighted by Gasteiger charge is -2.30. The Labute approximate surface area is 114 Å². The van der Waals surface area contributed by atoms with Crippen LogP contribution in [0.4, 0.5) is 4.79 Å². The van der Waals surface area contributed by atoms with E-state index in [-0.39, 0.29) is 0 Å². The minimum atomic E-state index is -0.705. The Morgan fingerprint density at radius 2 is 1.95 bits per heavy atom. The van der Waals surface area contributed by atoms with Gasteiger partial charge in [0.15, 0.2) is 0 Å². The molecule has 108 valence electrons. The molecule has 2 N–H and O–H groups in total. The van der Waals surface area contributed by atoms with Crippen molar-refractivity contribution in [1.29, 1.82) is 0 Å². The summed E-state index contributed by atoms with van der Waals surface area (Å²) in [4.78, 5) is 13.6. The first-order valence-electron chi connectivity index (χ1n) is 6.92. The van der Waals surface area contributed by atoms with Gasteiger partial charge in [-0.05, 0) is 44.1 Å². The zero-order valence-electron chi connectivity index (χ0n) is 11.8. The van der Waals surface area contributed by atoms with E-state index in [0.29, 0.717) is 18.4 Å². The molecule has 0 radical (unpaired) electrons. The molecule has 0 aromatic carbocycles. The smallest absolute Gasteiger partial charge is 0.405 e. The third kappa shape index (κ3) is 6.34. The number of carbonyl (C=O) groups excluding carboxylic acids is 1. The Hall–Kier alpha value is -1.42. The Bertz CT molecular complexity index is 343. The van der Waals surface area contributed by atoms with E-state index in [4.69, 9.17) is 16.0 Å². The molecule has 0 aromatic rings. The predicted octanol–water partition coefficient (Wildman–Crippen LogP) is 3.76. The van der Waals surface area contributed by atoms with Crippen LogP contribution in [0.2, 0.25) is 0 Å². The molecule has 6 nitrogen and oxygen atoms in total. The number of hydrogen-bond donors (Lipinski definition) is 1. The second kappa shape index (κ2) is 7.24. The summed E-state index contributed by atoms with van der Waals surface area (Å²) in [7, 11) is 0. The van der Waals surface area contributed by atoms with Gasteiger partial charge in [0.25, 0.3) is 0 Å². The Morgan fingerprint density at radius 1 is 1.37 bits per heavy atom. The van der Waals surface area contributed by atoms with Gasteiger partial charge in [0.1, 0.15) is 5.60 Å². The molecule has 0 saturated heterocycles. The van der Waals surface area contributed by atoms with E-state index in [1.807, 2.05) is 13.8 Å². The molecular weight excluding hydrogens is 244 g/mol. The molecule has 0 heterocycles. The molecule has 0 atom stereocenters. The standard InChI is InChI=1S/C13H24N4O2/c1-13(2,19-12(14)18)8-7-10-3-5-11(6-4-10)9-16-17-15/h10-11H,3-9H2,1-2H3,(H2,14,18). The van der Waals surface area contributed by atoms with Crippen LogP contribution in [0.5, 0.6) is 0 Å². The molecule has 1 aliphatic rings. The second-order valence-electron chi connectivity index (χ2n) is 6.02. The van der Waals surface area contributed by atoms with Crippen LogP contribution in [-0.2, 0) is 4.74 Å². The maximum Gasteiger partial charge on any atom is 0.405 e. The zero-order valence-corrected chi connectivity index (χ0v) is 11.8. The monoisotopic (exact) mass is 268 g/mol. The maximum absolute atomic E-state index is 10.8. The molecule has 1 aliphatic carbocycles. The number of rotatable bonds is 6. The fourth-order valence-electron chi connectivity index (χ4n) is 2.73. The molecule has 1 saturated carbocycles. The van der Waals surface area contributed by atoms with E-state index in [0.717, 1.165) is 38.5 Å². The molecule has 0 aliphatic heterocycles. The molecule has 0 aromatic heterocycles. The van der Waals surface area contributed by atoms with Gasteiger partial charge >= 0.3 is 6.09 Å². The van der Waals surface area contributed by atoms with Crippen molar-refractivity contribution in [2.24, 2.45) is 22.7 Å². The number of primary amides is 1. The number of ether oxygens (including phenoxy) is 1. The van der Waals surface area contributed by atoms with Crippen molar-refractivity contribution in [2.45, 2.75) is 58.0 Å². The number of amides is 1. The van der Waals surface area contributed by atoms with Crippen LogP contribution in [0.15, 0.2) is 5.11 Å². The first-order valence-corrected chi connectivity index (χ1v) is 6.92. The lowest BCUT2D eigenvalue weighted by molar-refractivity contribution is 0.0323.